The molecule has 3 aromatic rings. The number of rotatable bonds is 7. The summed E-state index contributed by atoms with van der Waals surface area (Å²) in [5, 5.41) is 0. The van der Waals surface area contributed by atoms with Crippen LogP contribution in [0.2, 0.25) is 0 Å². The number of hydrogen-bond acceptors (Lipinski definition) is 6. The van der Waals surface area contributed by atoms with Crippen molar-refractivity contribution in [2.45, 2.75) is 42.5 Å². The van der Waals surface area contributed by atoms with E-state index in [1.807, 2.05) is 17.7 Å². The number of imidazole rings is 1. The summed E-state index contributed by atoms with van der Waals surface area (Å²) in [5.74, 6) is 0.722. The summed E-state index contributed by atoms with van der Waals surface area (Å²) in [6.07, 6.45) is 5.49. The molecule has 0 spiro atoms. The third-order valence-corrected chi connectivity index (χ3v) is 9.32. The second-order valence-corrected chi connectivity index (χ2v) is 12.5. The van der Waals surface area contributed by atoms with Crippen LogP contribution in [0.1, 0.15) is 37.2 Å². The third kappa shape index (κ3) is 5.60. The maximum Gasteiger partial charge on any atom is 0.175 e. The smallest absolute Gasteiger partial charge is 0.175 e. The zero-order chi connectivity index (χ0) is 26.2. The molecule has 0 amide bonds. The molecule has 2 aliphatic heterocycles. The summed E-state index contributed by atoms with van der Waals surface area (Å²) < 4.78 is 46.0. The van der Waals surface area contributed by atoms with Crippen LogP contribution < -0.4 is 0 Å². The number of nitrogens with zero attached hydrogens (tertiary/aromatic N) is 4. The van der Waals surface area contributed by atoms with Crippen LogP contribution >= 0.6 is 0 Å². The molecule has 7 nitrogen and oxygen atoms in total. The van der Waals surface area contributed by atoms with Gasteiger partial charge in [-0.1, -0.05) is 0 Å². The van der Waals surface area contributed by atoms with Crippen LogP contribution in [-0.4, -0.2) is 86.5 Å². The van der Waals surface area contributed by atoms with E-state index in [-0.39, 0.29) is 16.6 Å². The van der Waals surface area contributed by atoms with Crippen LogP contribution in [0.4, 0.5) is 4.39 Å². The second-order valence-electron chi connectivity index (χ2n) is 10.5. The number of aromatic nitrogens is 2. The average Bonchev–Trinajstić information content (AvgIpc) is 3.22. The van der Waals surface area contributed by atoms with Crippen molar-refractivity contribution in [1.82, 2.24) is 19.4 Å². The van der Waals surface area contributed by atoms with Crippen molar-refractivity contribution >= 4 is 20.9 Å². The number of methoxy groups -OCH3 is 1. The fraction of sp³-hybridized carbons (Fsp3) is 0.536. The van der Waals surface area contributed by atoms with Crippen molar-refractivity contribution in [2.24, 2.45) is 7.05 Å². The molecule has 37 heavy (non-hydrogen) atoms. The molecule has 2 saturated heterocycles. The summed E-state index contributed by atoms with van der Waals surface area (Å²) in [5.41, 5.74) is 3.07. The Hall–Kier alpha value is -2.33. The van der Waals surface area contributed by atoms with Crippen molar-refractivity contribution in [1.29, 1.82) is 0 Å². The van der Waals surface area contributed by atoms with Gasteiger partial charge in [0.1, 0.15) is 11.6 Å². The summed E-state index contributed by atoms with van der Waals surface area (Å²) in [7, 11) is 0.359. The molecule has 2 fully saturated rings. The first kappa shape index (κ1) is 26.3. The van der Waals surface area contributed by atoms with E-state index in [0.717, 1.165) is 74.3 Å². The van der Waals surface area contributed by atoms with Gasteiger partial charge in [-0.25, -0.2) is 17.8 Å². The number of halogens is 1. The van der Waals surface area contributed by atoms with Gasteiger partial charge in [-0.15, -0.1) is 0 Å². The predicted octanol–water partition coefficient (Wildman–Crippen LogP) is 4.07. The van der Waals surface area contributed by atoms with Crippen LogP contribution in [0.5, 0.6) is 0 Å². The van der Waals surface area contributed by atoms with E-state index in [0.29, 0.717) is 11.9 Å². The summed E-state index contributed by atoms with van der Waals surface area (Å²) in [4.78, 5) is 10.2. The van der Waals surface area contributed by atoms with Crippen molar-refractivity contribution < 1.29 is 17.5 Å². The molecule has 2 aromatic carbocycles. The molecule has 5 rings (SSSR count). The zero-order valence-corrected chi connectivity index (χ0v) is 22.8. The molecule has 0 atom stereocenters. The fourth-order valence-corrected chi connectivity index (χ4v) is 6.59. The lowest BCUT2D eigenvalue weighted by Crippen LogP contribution is -2.48. The molecule has 0 N–H and O–H groups in total. The Morgan fingerprint density at radius 1 is 1.03 bits per heavy atom. The van der Waals surface area contributed by atoms with Gasteiger partial charge in [0, 0.05) is 44.6 Å². The monoisotopic (exact) mass is 528 g/mol. The summed E-state index contributed by atoms with van der Waals surface area (Å²) in [6, 6.07) is 10.8. The highest BCUT2D eigenvalue weighted by atomic mass is 32.2. The number of sulfone groups is 1. The number of ether oxygens (including phenoxy) is 1. The minimum Gasteiger partial charge on any atom is -0.383 e. The highest BCUT2D eigenvalue weighted by Gasteiger charge is 2.30. The van der Waals surface area contributed by atoms with E-state index < -0.39 is 9.84 Å². The SMILES string of the molecule is COCCN1CCC(N2CCC(c3cc4nc(-c5ccc(S(C)(=O)=O)cc5)n(C)c4cc3F)CC2)CC1. The Morgan fingerprint density at radius 3 is 2.32 bits per heavy atom. The molecule has 0 saturated carbocycles. The molecule has 0 aliphatic carbocycles. The van der Waals surface area contributed by atoms with Crippen LogP contribution in [0.15, 0.2) is 41.3 Å². The average molecular weight is 529 g/mol. The summed E-state index contributed by atoms with van der Waals surface area (Å²) >= 11 is 0. The van der Waals surface area contributed by atoms with E-state index in [1.54, 1.807) is 37.4 Å². The number of hydrogen-bond donors (Lipinski definition) is 0. The quantitative estimate of drug-likeness (QED) is 0.461. The molecular formula is C28H37FN4O3S. The molecule has 0 radical (unpaired) electrons. The van der Waals surface area contributed by atoms with Gasteiger partial charge in [0.05, 0.1) is 22.5 Å². The first-order valence-corrected chi connectivity index (χ1v) is 15.1. The maximum absolute atomic E-state index is 15.3. The molecular weight excluding hydrogens is 491 g/mol. The molecule has 200 valence electrons. The topological polar surface area (TPSA) is 67.7 Å². The lowest BCUT2D eigenvalue weighted by atomic mass is 9.87. The van der Waals surface area contributed by atoms with Crippen LogP contribution in [0, 0.1) is 5.82 Å². The molecule has 9 heteroatoms. The molecule has 0 unspecified atom stereocenters. The highest BCUT2D eigenvalue weighted by Crippen LogP contribution is 2.35. The van der Waals surface area contributed by atoms with E-state index in [9.17, 15) is 8.42 Å². The standard InChI is InChI=1S/C28H37FN4O3S/c1-31-27-19-25(29)24(18-26(27)30-28(31)21-4-6-23(7-5-21)37(3,34)35)20-8-14-33(15-9-20)22-10-12-32(13-11-22)16-17-36-2/h4-7,18-20,22H,8-17H2,1-3H3. The Bertz CT molecular complexity index is 1340. The van der Waals surface area contributed by atoms with E-state index in [4.69, 9.17) is 9.72 Å². The minimum atomic E-state index is -3.26. The lowest BCUT2D eigenvalue weighted by Gasteiger charge is -2.42. The second kappa shape index (κ2) is 10.8. The molecule has 1 aromatic heterocycles. The Morgan fingerprint density at radius 2 is 1.70 bits per heavy atom. The number of piperidine rings is 2. The first-order valence-electron chi connectivity index (χ1n) is 13.2. The van der Waals surface area contributed by atoms with Crippen LogP contribution in [-0.2, 0) is 21.6 Å². The lowest BCUT2D eigenvalue weighted by molar-refractivity contribution is 0.0726. The molecule has 2 aliphatic rings. The highest BCUT2D eigenvalue weighted by molar-refractivity contribution is 7.90. The Labute approximate surface area is 219 Å². The zero-order valence-electron chi connectivity index (χ0n) is 22.0. The number of fused-ring (bicyclic) bond motifs is 1. The Balaban J connectivity index is 1.28. The van der Waals surface area contributed by atoms with Crippen LogP contribution in [0.25, 0.3) is 22.4 Å². The maximum atomic E-state index is 15.3. The van der Waals surface area contributed by atoms with Gasteiger partial charge in [-0.3, -0.25) is 0 Å². The number of likely N-dealkylation sites (tertiary alicyclic amines) is 2. The van der Waals surface area contributed by atoms with Gasteiger partial charge in [-0.2, -0.15) is 0 Å². The van der Waals surface area contributed by atoms with Gasteiger partial charge < -0.3 is 19.1 Å². The minimum absolute atomic E-state index is 0.167. The first-order chi connectivity index (χ1) is 17.7. The van der Waals surface area contributed by atoms with Crippen molar-refractivity contribution in [3.05, 3.63) is 47.8 Å². The van der Waals surface area contributed by atoms with Crippen molar-refractivity contribution in [2.75, 3.05) is 52.7 Å². The van der Waals surface area contributed by atoms with Gasteiger partial charge in [0.25, 0.3) is 0 Å². The van der Waals surface area contributed by atoms with Gasteiger partial charge in [0.15, 0.2) is 9.84 Å². The van der Waals surface area contributed by atoms with Crippen LogP contribution in [0.3, 0.4) is 0 Å². The van der Waals surface area contributed by atoms with E-state index >= 15 is 4.39 Å². The number of benzene rings is 2. The fourth-order valence-electron chi connectivity index (χ4n) is 5.96. The predicted molar refractivity (Wildman–Crippen MR) is 144 cm³/mol. The van der Waals surface area contributed by atoms with Crippen molar-refractivity contribution in [3.63, 3.8) is 0 Å². The summed E-state index contributed by atoms with van der Waals surface area (Å²) in [6.45, 7) is 6.06. The van der Waals surface area contributed by atoms with Crippen molar-refractivity contribution in [3.8, 4) is 11.4 Å². The van der Waals surface area contributed by atoms with Gasteiger partial charge in [0.2, 0.25) is 0 Å². The molecule has 3 heterocycles. The largest absolute Gasteiger partial charge is 0.383 e. The normalized spacial score (nSPS) is 19.1. The van der Waals surface area contributed by atoms with E-state index in [2.05, 4.69) is 9.80 Å². The van der Waals surface area contributed by atoms with E-state index in [1.165, 1.54) is 19.1 Å². The van der Waals surface area contributed by atoms with Gasteiger partial charge in [-0.05, 0) is 93.7 Å². The number of aryl methyl sites for hydroxylation is 1. The molecule has 0 bridgehead atoms. The Kier molecular flexibility index (Phi) is 7.68. The third-order valence-electron chi connectivity index (χ3n) is 8.19. The van der Waals surface area contributed by atoms with Gasteiger partial charge >= 0.3 is 0 Å².